The SMILES string of the molecule is [O-][n+]1nn(Br)c2c(Br)cccc21. The Bertz CT molecular complexity index is 440. The van der Waals surface area contributed by atoms with E-state index in [9.17, 15) is 5.21 Å². The molecule has 1 heterocycles. The number of para-hydroxylation sites is 1. The highest BCUT2D eigenvalue weighted by Crippen LogP contribution is 2.21. The molecule has 2 rings (SSSR count). The van der Waals surface area contributed by atoms with Crippen molar-refractivity contribution >= 4 is 43.1 Å². The van der Waals surface area contributed by atoms with Gasteiger partial charge in [-0.2, -0.15) is 0 Å². The molecule has 0 radical (unpaired) electrons. The van der Waals surface area contributed by atoms with E-state index in [0.717, 1.165) is 9.99 Å². The Kier molecular flexibility index (Phi) is 1.80. The molecule has 0 fully saturated rings. The van der Waals surface area contributed by atoms with E-state index in [1.54, 1.807) is 12.1 Å². The van der Waals surface area contributed by atoms with Crippen molar-refractivity contribution in [2.75, 3.05) is 0 Å². The topological polar surface area (TPSA) is 44.8 Å². The van der Waals surface area contributed by atoms with Gasteiger partial charge in [-0.15, -0.1) is 4.85 Å². The fourth-order valence-corrected chi connectivity index (χ4v) is 2.27. The van der Waals surface area contributed by atoms with Gasteiger partial charge in [-0.1, -0.05) is 9.77 Å². The lowest BCUT2D eigenvalue weighted by Gasteiger charge is -1.91. The van der Waals surface area contributed by atoms with Crippen LogP contribution in [0.5, 0.6) is 0 Å². The predicted molar refractivity (Wildman–Crippen MR) is 50.7 cm³/mol. The van der Waals surface area contributed by atoms with Crippen LogP contribution >= 0.6 is 32.1 Å². The molecule has 0 bridgehead atoms. The molecule has 0 aliphatic carbocycles. The minimum Gasteiger partial charge on any atom is -0.691 e. The van der Waals surface area contributed by atoms with Gasteiger partial charge in [0, 0.05) is 0 Å². The second-order valence-electron chi connectivity index (χ2n) is 2.23. The average molecular weight is 293 g/mol. The van der Waals surface area contributed by atoms with E-state index in [-0.39, 0.29) is 0 Å². The van der Waals surface area contributed by atoms with Gasteiger partial charge in [-0.3, -0.25) is 0 Å². The second kappa shape index (κ2) is 2.70. The number of halogens is 2. The summed E-state index contributed by atoms with van der Waals surface area (Å²) in [5.41, 5.74) is 1.26. The summed E-state index contributed by atoms with van der Waals surface area (Å²) in [5, 5.41) is 14.7. The van der Waals surface area contributed by atoms with Crippen LogP contribution in [0.4, 0.5) is 0 Å². The summed E-state index contributed by atoms with van der Waals surface area (Å²) in [5.74, 6) is 0. The standard InChI is InChI=1S/C6H3Br2N3O/c7-4-2-1-3-5-6(4)10(8)9-11(5)12/h1-3H. The first-order valence-corrected chi connectivity index (χ1v) is 4.63. The summed E-state index contributed by atoms with van der Waals surface area (Å²) < 4.78 is 2.19. The van der Waals surface area contributed by atoms with Crippen molar-refractivity contribution < 1.29 is 4.85 Å². The molecule has 4 nitrogen and oxygen atoms in total. The number of benzene rings is 1. The fourth-order valence-electron chi connectivity index (χ4n) is 1.01. The highest BCUT2D eigenvalue weighted by Gasteiger charge is 2.14. The maximum atomic E-state index is 11.1. The Morgan fingerprint density at radius 3 is 2.92 bits per heavy atom. The van der Waals surface area contributed by atoms with Gasteiger partial charge in [0.05, 0.1) is 4.47 Å². The largest absolute Gasteiger partial charge is 0.691 e. The molecule has 0 saturated carbocycles. The summed E-state index contributed by atoms with van der Waals surface area (Å²) in [6.07, 6.45) is 0. The van der Waals surface area contributed by atoms with Gasteiger partial charge < -0.3 is 5.21 Å². The molecule has 0 aliphatic rings. The second-order valence-corrected chi connectivity index (χ2v) is 3.76. The molecule has 0 atom stereocenters. The Labute approximate surface area is 84.8 Å². The predicted octanol–water partition coefficient (Wildman–Crippen LogP) is 1.59. The molecule has 6 heteroatoms. The van der Waals surface area contributed by atoms with Crippen LogP contribution in [-0.4, -0.2) is 8.92 Å². The van der Waals surface area contributed by atoms with Crippen LogP contribution in [0, 0.1) is 5.21 Å². The minimum absolute atomic E-state index is 0.529. The van der Waals surface area contributed by atoms with Crippen molar-refractivity contribution in [1.82, 2.24) is 8.92 Å². The van der Waals surface area contributed by atoms with Crippen LogP contribution in [0.2, 0.25) is 0 Å². The van der Waals surface area contributed by atoms with Gasteiger partial charge in [0.1, 0.15) is 5.21 Å². The van der Waals surface area contributed by atoms with Crippen LogP contribution in [0.3, 0.4) is 0 Å². The Hall–Kier alpha value is -0.620. The summed E-state index contributed by atoms with van der Waals surface area (Å²) in [6.45, 7) is 0. The quantitative estimate of drug-likeness (QED) is 0.547. The lowest BCUT2D eigenvalue weighted by Crippen LogP contribution is -2.28. The molecule has 2 aromatic rings. The zero-order valence-corrected chi connectivity index (χ0v) is 8.91. The first-order chi connectivity index (χ1) is 5.70. The monoisotopic (exact) mass is 291 g/mol. The van der Waals surface area contributed by atoms with E-state index in [4.69, 9.17) is 0 Å². The van der Waals surface area contributed by atoms with Gasteiger partial charge in [0.25, 0.3) is 0 Å². The average Bonchev–Trinajstić information content (AvgIpc) is 2.29. The summed E-state index contributed by atoms with van der Waals surface area (Å²) in [6, 6.07) is 5.34. The Morgan fingerprint density at radius 2 is 2.25 bits per heavy atom. The van der Waals surface area contributed by atoms with E-state index < -0.39 is 0 Å². The third-order valence-electron chi connectivity index (χ3n) is 1.52. The van der Waals surface area contributed by atoms with Crippen molar-refractivity contribution in [3.05, 3.63) is 27.9 Å². The molecule has 0 amide bonds. The third-order valence-corrected chi connectivity index (χ3v) is 2.65. The molecule has 1 aromatic heterocycles. The Balaban J connectivity index is 2.99. The normalized spacial score (nSPS) is 10.8. The molecule has 12 heavy (non-hydrogen) atoms. The van der Waals surface area contributed by atoms with Gasteiger partial charge in [0.2, 0.25) is 27.2 Å². The van der Waals surface area contributed by atoms with Gasteiger partial charge >= 0.3 is 0 Å². The fraction of sp³-hybridized carbons (Fsp3) is 0. The molecule has 1 aromatic carbocycles. The van der Waals surface area contributed by atoms with E-state index in [1.807, 2.05) is 6.07 Å². The van der Waals surface area contributed by atoms with Gasteiger partial charge in [-0.25, -0.2) is 0 Å². The minimum atomic E-state index is 0.529. The first kappa shape index (κ1) is 8.00. The number of hydrogen-bond acceptors (Lipinski definition) is 2. The van der Waals surface area contributed by atoms with Crippen molar-refractivity contribution in [3.8, 4) is 0 Å². The molecular weight excluding hydrogens is 290 g/mol. The summed E-state index contributed by atoms with van der Waals surface area (Å²) in [7, 11) is 0. The van der Waals surface area contributed by atoms with E-state index in [0.29, 0.717) is 10.4 Å². The molecule has 62 valence electrons. The number of hydrogen-bond donors (Lipinski definition) is 0. The van der Waals surface area contributed by atoms with Crippen LogP contribution in [0.25, 0.3) is 11.0 Å². The van der Waals surface area contributed by atoms with Gasteiger partial charge in [0.15, 0.2) is 0 Å². The van der Waals surface area contributed by atoms with E-state index >= 15 is 0 Å². The maximum Gasteiger partial charge on any atom is 0.226 e. The summed E-state index contributed by atoms with van der Waals surface area (Å²) >= 11 is 6.44. The van der Waals surface area contributed by atoms with Crippen LogP contribution in [0.1, 0.15) is 0 Å². The maximum absolute atomic E-state index is 11.1. The van der Waals surface area contributed by atoms with Crippen molar-refractivity contribution in [2.45, 2.75) is 0 Å². The zero-order valence-electron chi connectivity index (χ0n) is 5.74. The Morgan fingerprint density at radius 1 is 1.50 bits per heavy atom. The number of fused-ring (bicyclic) bond motifs is 1. The lowest BCUT2D eigenvalue weighted by molar-refractivity contribution is -0.644. The van der Waals surface area contributed by atoms with Crippen LogP contribution in [0.15, 0.2) is 22.7 Å². The molecule has 0 N–H and O–H groups in total. The highest BCUT2D eigenvalue weighted by atomic mass is 79.9. The van der Waals surface area contributed by atoms with E-state index in [2.05, 4.69) is 37.3 Å². The van der Waals surface area contributed by atoms with Gasteiger partial charge in [-0.05, 0) is 28.1 Å². The summed E-state index contributed by atoms with van der Waals surface area (Å²) in [4.78, 5) is 0.564. The molecule has 0 unspecified atom stereocenters. The number of rotatable bonds is 0. The smallest absolute Gasteiger partial charge is 0.226 e. The molecular formula is C6H3Br2N3O. The lowest BCUT2D eigenvalue weighted by atomic mass is 10.3. The van der Waals surface area contributed by atoms with Crippen LogP contribution in [-0.2, 0) is 0 Å². The first-order valence-electron chi connectivity index (χ1n) is 3.13. The third kappa shape index (κ3) is 1.02. The van der Waals surface area contributed by atoms with E-state index in [1.165, 1.54) is 3.71 Å². The number of aromatic nitrogens is 3. The molecule has 0 spiro atoms. The van der Waals surface area contributed by atoms with Crippen molar-refractivity contribution in [2.24, 2.45) is 0 Å². The molecule has 0 saturated heterocycles. The van der Waals surface area contributed by atoms with Crippen LogP contribution < -0.4 is 4.85 Å². The number of nitrogens with zero attached hydrogens (tertiary/aromatic N) is 3. The highest BCUT2D eigenvalue weighted by molar-refractivity contribution is 9.10. The molecule has 0 aliphatic heterocycles. The zero-order chi connectivity index (χ0) is 8.72. The van der Waals surface area contributed by atoms with Crippen molar-refractivity contribution in [3.63, 3.8) is 0 Å². The van der Waals surface area contributed by atoms with Crippen molar-refractivity contribution in [1.29, 1.82) is 0 Å².